The first-order chi connectivity index (χ1) is 10.1. The van der Waals surface area contributed by atoms with Crippen LogP contribution in [0, 0.1) is 6.92 Å². The zero-order chi connectivity index (χ0) is 15.2. The highest BCUT2D eigenvalue weighted by molar-refractivity contribution is 6.31. The van der Waals surface area contributed by atoms with Crippen LogP contribution in [0.4, 0.5) is 5.69 Å². The number of Topliss-reactive ketones (excluding diaryl/α,β-unsaturated/α-hetero) is 1. The third kappa shape index (κ3) is 4.33. The van der Waals surface area contributed by atoms with Crippen molar-refractivity contribution in [3.8, 4) is 0 Å². The summed E-state index contributed by atoms with van der Waals surface area (Å²) in [7, 11) is 0. The minimum Gasteiger partial charge on any atom is -0.371 e. The van der Waals surface area contributed by atoms with Crippen LogP contribution in [0.5, 0.6) is 0 Å². The quantitative estimate of drug-likeness (QED) is 0.718. The molecule has 0 radical (unpaired) electrons. The highest BCUT2D eigenvalue weighted by atomic mass is 35.5. The van der Waals surface area contributed by atoms with Crippen LogP contribution in [0.1, 0.15) is 29.3 Å². The van der Waals surface area contributed by atoms with E-state index in [4.69, 9.17) is 11.6 Å². The molecule has 0 saturated carbocycles. The maximum Gasteiger partial charge on any atom is 0.164 e. The van der Waals surface area contributed by atoms with Gasteiger partial charge in [0.25, 0.3) is 0 Å². The van der Waals surface area contributed by atoms with Crippen molar-refractivity contribution in [1.82, 2.24) is 0 Å². The van der Waals surface area contributed by atoms with E-state index in [0.717, 1.165) is 12.2 Å². The second-order valence-electron chi connectivity index (χ2n) is 5.10. The van der Waals surface area contributed by atoms with Crippen LogP contribution in [0.15, 0.2) is 48.5 Å². The van der Waals surface area contributed by atoms with E-state index in [1.165, 1.54) is 5.56 Å². The summed E-state index contributed by atoms with van der Waals surface area (Å²) in [4.78, 5) is 14.4. The number of carbonyl (C=O) groups is 1. The number of carbonyl (C=O) groups excluding carboxylic acids is 1. The van der Waals surface area contributed by atoms with Crippen molar-refractivity contribution >= 4 is 23.1 Å². The summed E-state index contributed by atoms with van der Waals surface area (Å²) >= 11 is 5.93. The van der Waals surface area contributed by atoms with Crippen molar-refractivity contribution in [2.45, 2.75) is 20.3 Å². The molecule has 3 heteroatoms. The predicted octanol–water partition coefficient (Wildman–Crippen LogP) is 4.75. The number of hydrogen-bond acceptors (Lipinski definition) is 2. The number of anilines is 1. The van der Waals surface area contributed by atoms with E-state index in [1.807, 2.05) is 18.2 Å². The van der Waals surface area contributed by atoms with Crippen molar-refractivity contribution in [1.29, 1.82) is 0 Å². The fraction of sp³-hybridized carbons (Fsp3) is 0.278. The molecular weight excluding hydrogens is 282 g/mol. The van der Waals surface area contributed by atoms with Gasteiger partial charge in [-0.05, 0) is 43.7 Å². The number of nitrogens with zero attached hydrogens (tertiary/aromatic N) is 1. The van der Waals surface area contributed by atoms with E-state index in [2.05, 4.69) is 36.9 Å². The number of hydrogen-bond donors (Lipinski definition) is 0. The van der Waals surface area contributed by atoms with Gasteiger partial charge in [-0.1, -0.05) is 35.9 Å². The molecule has 2 rings (SSSR count). The molecule has 0 aliphatic carbocycles. The molecule has 0 bridgehead atoms. The maximum atomic E-state index is 12.2. The van der Waals surface area contributed by atoms with Gasteiger partial charge >= 0.3 is 0 Å². The van der Waals surface area contributed by atoms with Gasteiger partial charge in [0.15, 0.2) is 5.78 Å². The molecule has 110 valence electrons. The van der Waals surface area contributed by atoms with Gasteiger partial charge in [0.2, 0.25) is 0 Å². The van der Waals surface area contributed by atoms with Gasteiger partial charge in [-0.15, -0.1) is 0 Å². The first kappa shape index (κ1) is 15.6. The van der Waals surface area contributed by atoms with Gasteiger partial charge in [-0.2, -0.15) is 0 Å². The molecule has 2 aromatic rings. The Balaban J connectivity index is 2.02. The van der Waals surface area contributed by atoms with Crippen LogP contribution in [0.3, 0.4) is 0 Å². The second-order valence-corrected chi connectivity index (χ2v) is 5.54. The van der Waals surface area contributed by atoms with E-state index in [0.29, 0.717) is 23.6 Å². The van der Waals surface area contributed by atoms with Crippen LogP contribution in [-0.2, 0) is 0 Å². The van der Waals surface area contributed by atoms with Crippen LogP contribution in [0.25, 0.3) is 0 Å². The Hall–Kier alpha value is -1.80. The number of halogens is 1. The summed E-state index contributed by atoms with van der Waals surface area (Å²) in [6.07, 6.45) is 0.488. The maximum absolute atomic E-state index is 12.2. The largest absolute Gasteiger partial charge is 0.371 e. The summed E-state index contributed by atoms with van der Waals surface area (Å²) in [5.41, 5.74) is 3.08. The summed E-state index contributed by atoms with van der Waals surface area (Å²) in [5.74, 6) is 0.128. The lowest BCUT2D eigenvalue weighted by atomic mass is 10.1. The average molecular weight is 302 g/mol. The van der Waals surface area contributed by atoms with Crippen molar-refractivity contribution in [3.63, 3.8) is 0 Å². The van der Waals surface area contributed by atoms with Crippen molar-refractivity contribution in [2.24, 2.45) is 0 Å². The first-order valence-corrected chi connectivity index (χ1v) is 7.58. The van der Waals surface area contributed by atoms with Gasteiger partial charge in [0, 0.05) is 35.8 Å². The third-order valence-electron chi connectivity index (χ3n) is 3.50. The van der Waals surface area contributed by atoms with Crippen molar-refractivity contribution in [2.75, 3.05) is 18.0 Å². The Kier molecular flexibility index (Phi) is 5.40. The molecule has 2 nitrogen and oxygen atoms in total. The zero-order valence-electron chi connectivity index (χ0n) is 12.5. The molecule has 21 heavy (non-hydrogen) atoms. The predicted molar refractivity (Wildman–Crippen MR) is 89.5 cm³/mol. The summed E-state index contributed by atoms with van der Waals surface area (Å²) < 4.78 is 0. The molecule has 0 heterocycles. The number of ketones is 1. The van der Waals surface area contributed by atoms with E-state index in [1.54, 1.807) is 12.1 Å². The number of benzene rings is 2. The molecule has 0 unspecified atom stereocenters. The molecule has 0 spiro atoms. The molecular formula is C18H20ClNO. The van der Waals surface area contributed by atoms with E-state index in [-0.39, 0.29) is 5.78 Å². The van der Waals surface area contributed by atoms with Crippen LogP contribution in [-0.4, -0.2) is 18.9 Å². The van der Waals surface area contributed by atoms with E-state index in [9.17, 15) is 4.79 Å². The summed E-state index contributed by atoms with van der Waals surface area (Å²) in [5, 5.41) is 0.604. The molecule has 0 amide bonds. The highest BCUT2D eigenvalue weighted by Crippen LogP contribution is 2.17. The first-order valence-electron chi connectivity index (χ1n) is 7.20. The zero-order valence-corrected chi connectivity index (χ0v) is 13.2. The minimum absolute atomic E-state index is 0.128. The Labute approximate surface area is 131 Å². The molecule has 0 atom stereocenters. The van der Waals surface area contributed by atoms with Gasteiger partial charge in [-0.3, -0.25) is 4.79 Å². The topological polar surface area (TPSA) is 20.3 Å². The van der Waals surface area contributed by atoms with Gasteiger partial charge in [0.05, 0.1) is 0 Å². The van der Waals surface area contributed by atoms with Gasteiger partial charge in [0.1, 0.15) is 0 Å². The van der Waals surface area contributed by atoms with Crippen LogP contribution < -0.4 is 4.90 Å². The van der Waals surface area contributed by atoms with Gasteiger partial charge in [-0.25, -0.2) is 0 Å². The SMILES string of the molecule is CCN(CCC(=O)c1cccc(Cl)c1)c1cccc(C)c1. The van der Waals surface area contributed by atoms with Crippen molar-refractivity contribution in [3.05, 3.63) is 64.7 Å². The van der Waals surface area contributed by atoms with Gasteiger partial charge < -0.3 is 4.90 Å². The fourth-order valence-electron chi connectivity index (χ4n) is 2.34. The summed E-state index contributed by atoms with van der Waals surface area (Å²) in [6.45, 7) is 5.78. The molecule has 2 aromatic carbocycles. The fourth-order valence-corrected chi connectivity index (χ4v) is 2.53. The Morgan fingerprint density at radius 1 is 1.14 bits per heavy atom. The minimum atomic E-state index is 0.128. The standard InChI is InChI=1S/C18H20ClNO/c1-3-20(17-9-4-6-14(2)12-17)11-10-18(21)15-7-5-8-16(19)13-15/h4-9,12-13H,3,10-11H2,1-2H3. The van der Waals surface area contributed by atoms with E-state index < -0.39 is 0 Å². The lowest BCUT2D eigenvalue weighted by Gasteiger charge is -2.23. The monoisotopic (exact) mass is 301 g/mol. The molecule has 0 aromatic heterocycles. The molecule has 0 aliphatic heterocycles. The van der Waals surface area contributed by atoms with Crippen molar-refractivity contribution < 1.29 is 4.79 Å². The smallest absolute Gasteiger partial charge is 0.164 e. The van der Waals surface area contributed by atoms with Crippen LogP contribution in [0.2, 0.25) is 5.02 Å². The highest BCUT2D eigenvalue weighted by Gasteiger charge is 2.10. The number of rotatable bonds is 6. The normalized spacial score (nSPS) is 10.4. The van der Waals surface area contributed by atoms with E-state index >= 15 is 0 Å². The lowest BCUT2D eigenvalue weighted by molar-refractivity contribution is 0.0984. The lowest BCUT2D eigenvalue weighted by Crippen LogP contribution is -2.25. The Morgan fingerprint density at radius 3 is 2.57 bits per heavy atom. The molecule has 0 fully saturated rings. The molecule has 0 saturated heterocycles. The summed E-state index contributed by atoms with van der Waals surface area (Å²) in [6, 6.07) is 15.5. The Bertz CT molecular complexity index is 624. The van der Waals surface area contributed by atoms with Crippen LogP contribution >= 0.6 is 11.6 Å². The third-order valence-corrected chi connectivity index (χ3v) is 3.74. The second kappa shape index (κ2) is 7.28. The Morgan fingerprint density at radius 2 is 1.90 bits per heavy atom. The molecule has 0 N–H and O–H groups in total. The number of aryl methyl sites for hydroxylation is 1. The molecule has 0 aliphatic rings. The average Bonchev–Trinajstić information content (AvgIpc) is 2.48.